The highest BCUT2D eigenvalue weighted by Crippen LogP contribution is 2.24. The molecule has 0 aliphatic rings. The highest BCUT2D eigenvalue weighted by Gasteiger charge is 2.22. The van der Waals surface area contributed by atoms with Crippen molar-refractivity contribution in [1.29, 1.82) is 0 Å². The van der Waals surface area contributed by atoms with Gasteiger partial charge in [-0.15, -0.1) is 0 Å². The van der Waals surface area contributed by atoms with Crippen LogP contribution in [0.4, 0.5) is 0 Å². The molecule has 0 aliphatic heterocycles. The lowest BCUT2D eigenvalue weighted by Gasteiger charge is -2.20. The lowest BCUT2D eigenvalue weighted by molar-refractivity contribution is 0.0922. The number of aromatic amines is 1. The molecule has 0 radical (unpaired) electrons. The number of amides is 2. The lowest BCUT2D eigenvalue weighted by atomic mass is 10.0. The minimum absolute atomic E-state index is 0.144. The Morgan fingerprint density at radius 1 is 0.906 bits per heavy atom. The SMILES string of the molecule is CC(C)C(NC(=O)c1ccc(Oc2ccc(C(N)=O)cc2)cc1)c1nc2ccccc2[nH]1. The number of nitrogens with zero attached hydrogens (tertiary/aromatic N) is 1. The van der Waals surface area contributed by atoms with E-state index < -0.39 is 5.91 Å². The van der Waals surface area contributed by atoms with Gasteiger partial charge in [0.15, 0.2) is 0 Å². The quantitative estimate of drug-likeness (QED) is 0.400. The number of aromatic nitrogens is 2. The fourth-order valence-electron chi connectivity index (χ4n) is 3.39. The molecule has 1 unspecified atom stereocenters. The summed E-state index contributed by atoms with van der Waals surface area (Å²) in [6.07, 6.45) is 0. The normalized spacial score (nSPS) is 12.0. The largest absolute Gasteiger partial charge is 0.457 e. The Labute approximate surface area is 185 Å². The minimum Gasteiger partial charge on any atom is -0.457 e. The van der Waals surface area contributed by atoms with Gasteiger partial charge in [-0.3, -0.25) is 9.59 Å². The van der Waals surface area contributed by atoms with Gasteiger partial charge in [-0.2, -0.15) is 0 Å². The molecule has 32 heavy (non-hydrogen) atoms. The van der Waals surface area contributed by atoms with E-state index in [-0.39, 0.29) is 17.9 Å². The van der Waals surface area contributed by atoms with Crippen LogP contribution in [-0.2, 0) is 0 Å². The molecule has 4 aromatic rings. The molecular weight excluding hydrogens is 404 g/mol. The Morgan fingerprint density at radius 3 is 2.06 bits per heavy atom. The van der Waals surface area contributed by atoms with Gasteiger partial charge in [0.2, 0.25) is 5.91 Å². The number of fused-ring (bicyclic) bond motifs is 1. The zero-order valence-corrected chi connectivity index (χ0v) is 17.8. The zero-order chi connectivity index (χ0) is 22.7. The van der Waals surface area contributed by atoms with E-state index in [1.165, 1.54) is 0 Å². The standard InChI is InChI=1S/C25H24N4O3/c1-15(2)22(24-27-20-5-3-4-6-21(20)28-24)29-25(31)17-9-13-19(14-10-17)32-18-11-7-16(8-12-18)23(26)30/h3-15,22H,1-2H3,(H2,26,30)(H,27,28)(H,29,31). The molecule has 1 heterocycles. The summed E-state index contributed by atoms with van der Waals surface area (Å²) in [6, 6.07) is 20.9. The maximum absolute atomic E-state index is 12.9. The fourth-order valence-corrected chi connectivity index (χ4v) is 3.39. The molecule has 1 atom stereocenters. The first-order valence-corrected chi connectivity index (χ1v) is 10.3. The summed E-state index contributed by atoms with van der Waals surface area (Å²) in [4.78, 5) is 32.0. The van der Waals surface area contributed by atoms with Gasteiger partial charge in [-0.05, 0) is 66.6 Å². The van der Waals surface area contributed by atoms with E-state index in [0.29, 0.717) is 22.6 Å². The van der Waals surface area contributed by atoms with E-state index >= 15 is 0 Å². The van der Waals surface area contributed by atoms with Crippen LogP contribution >= 0.6 is 0 Å². The summed E-state index contributed by atoms with van der Waals surface area (Å²) in [5.41, 5.74) is 7.98. The average molecular weight is 428 g/mol. The number of hydrogen-bond acceptors (Lipinski definition) is 4. The van der Waals surface area contributed by atoms with E-state index in [0.717, 1.165) is 16.9 Å². The predicted octanol–water partition coefficient (Wildman–Crippen LogP) is 4.58. The third-order valence-corrected chi connectivity index (χ3v) is 5.15. The average Bonchev–Trinajstić information content (AvgIpc) is 3.21. The molecule has 4 N–H and O–H groups in total. The smallest absolute Gasteiger partial charge is 0.251 e. The van der Waals surface area contributed by atoms with Crippen LogP contribution in [0, 0.1) is 5.92 Å². The molecule has 0 fully saturated rings. The van der Waals surface area contributed by atoms with Crippen molar-refractivity contribution in [3.8, 4) is 11.5 Å². The summed E-state index contributed by atoms with van der Waals surface area (Å²) < 4.78 is 5.77. The Balaban J connectivity index is 1.45. The van der Waals surface area contributed by atoms with Gasteiger partial charge in [0, 0.05) is 11.1 Å². The van der Waals surface area contributed by atoms with Crippen molar-refractivity contribution in [2.45, 2.75) is 19.9 Å². The molecule has 0 saturated carbocycles. The number of H-pyrrole nitrogens is 1. The van der Waals surface area contributed by atoms with Crippen LogP contribution < -0.4 is 15.8 Å². The lowest BCUT2D eigenvalue weighted by Crippen LogP contribution is -2.32. The topological polar surface area (TPSA) is 110 Å². The van der Waals surface area contributed by atoms with Crippen LogP contribution in [0.3, 0.4) is 0 Å². The molecule has 4 rings (SSSR count). The van der Waals surface area contributed by atoms with E-state index in [4.69, 9.17) is 10.5 Å². The maximum Gasteiger partial charge on any atom is 0.251 e. The second-order valence-electron chi connectivity index (χ2n) is 7.85. The molecule has 7 heteroatoms. The van der Waals surface area contributed by atoms with Crippen molar-refractivity contribution in [2.24, 2.45) is 11.7 Å². The zero-order valence-electron chi connectivity index (χ0n) is 17.8. The Morgan fingerprint density at radius 2 is 1.50 bits per heavy atom. The maximum atomic E-state index is 12.9. The minimum atomic E-state index is -0.491. The third-order valence-electron chi connectivity index (χ3n) is 5.15. The van der Waals surface area contributed by atoms with E-state index in [9.17, 15) is 9.59 Å². The van der Waals surface area contributed by atoms with Crippen LogP contribution in [0.5, 0.6) is 11.5 Å². The van der Waals surface area contributed by atoms with E-state index in [1.807, 2.05) is 38.1 Å². The number of para-hydroxylation sites is 2. The van der Waals surface area contributed by atoms with Crippen molar-refractivity contribution >= 4 is 22.8 Å². The predicted molar refractivity (Wildman–Crippen MR) is 123 cm³/mol. The van der Waals surface area contributed by atoms with Gasteiger partial charge in [0.05, 0.1) is 17.1 Å². The highest BCUT2D eigenvalue weighted by atomic mass is 16.5. The van der Waals surface area contributed by atoms with Crippen molar-refractivity contribution in [3.05, 3.63) is 89.7 Å². The van der Waals surface area contributed by atoms with Crippen LogP contribution in [0.2, 0.25) is 0 Å². The van der Waals surface area contributed by atoms with Gasteiger partial charge in [-0.25, -0.2) is 4.98 Å². The third kappa shape index (κ3) is 4.62. The molecule has 0 aliphatic carbocycles. The number of nitrogens with one attached hydrogen (secondary N) is 2. The van der Waals surface area contributed by atoms with E-state index in [1.54, 1.807) is 48.5 Å². The molecule has 0 bridgehead atoms. The van der Waals surface area contributed by atoms with Crippen molar-refractivity contribution < 1.29 is 14.3 Å². The number of imidazole rings is 1. The number of carbonyl (C=O) groups excluding carboxylic acids is 2. The van der Waals surface area contributed by atoms with Crippen LogP contribution in [0.25, 0.3) is 11.0 Å². The number of hydrogen-bond donors (Lipinski definition) is 3. The van der Waals surface area contributed by atoms with Gasteiger partial charge < -0.3 is 20.8 Å². The summed E-state index contributed by atoms with van der Waals surface area (Å²) in [6.45, 7) is 4.08. The molecule has 162 valence electrons. The highest BCUT2D eigenvalue weighted by molar-refractivity contribution is 5.94. The molecule has 0 spiro atoms. The summed E-state index contributed by atoms with van der Waals surface area (Å²) in [5.74, 6) is 1.33. The van der Waals surface area contributed by atoms with Crippen LogP contribution in [0.1, 0.15) is 46.4 Å². The first-order valence-electron chi connectivity index (χ1n) is 10.3. The molecule has 7 nitrogen and oxygen atoms in total. The first-order chi connectivity index (χ1) is 15.4. The Hall–Kier alpha value is -4.13. The van der Waals surface area contributed by atoms with Crippen molar-refractivity contribution in [2.75, 3.05) is 0 Å². The van der Waals surface area contributed by atoms with Gasteiger partial charge >= 0.3 is 0 Å². The molecule has 1 aromatic heterocycles. The second kappa shape index (κ2) is 8.93. The number of benzene rings is 3. The number of primary amides is 1. The van der Waals surface area contributed by atoms with Crippen molar-refractivity contribution in [1.82, 2.24) is 15.3 Å². The number of ether oxygens (including phenoxy) is 1. The van der Waals surface area contributed by atoms with Gasteiger partial charge in [0.25, 0.3) is 5.91 Å². The molecule has 3 aromatic carbocycles. The number of carbonyl (C=O) groups is 2. The fraction of sp³-hybridized carbons (Fsp3) is 0.160. The number of rotatable bonds is 7. The molecular formula is C25H24N4O3. The Kier molecular flexibility index (Phi) is 5.89. The summed E-state index contributed by atoms with van der Waals surface area (Å²) in [7, 11) is 0. The molecule has 2 amide bonds. The number of nitrogens with two attached hydrogens (primary N) is 1. The summed E-state index contributed by atoms with van der Waals surface area (Å²) in [5, 5.41) is 3.08. The van der Waals surface area contributed by atoms with Crippen LogP contribution in [0.15, 0.2) is 72.8 Å². The van der Waals surface area contributed by atoms with Gasteiger partial charge in [-0.1, -0.05) is 26.0 Å². The van der Waals surface area contributed by atoms with Gasteiger partial charge in [0.1, 0.15) is 17.3 Å². The molecule has 0 saturated heterocycles. The van der Waals surface area contributed by atoms with Crippen LogP contribution in [-0.4, -0.2) is 21.8 Å². The monoisotopic (exact) mass is 428 g/mol. The van der Waals surface area contributed by atoms with E-state index in [2.05, 4.69) is 15.3 Å². The summed E-state index contributed by atoms with van der Waals surface area (Å²) >= 11 is 0. The Bertz CT molecular complexity index is 1210. The second-order valence-corrected chi connectivity index (χ2v) is 7.85. The first kappa shape index (κ1) is 21.1. The van der Waals surface area contributed by atoms with Crippen molar-refractivity contribution in [3.63, 3.8) is 0 Å².